The van der Waals surface area contributed by atoms with Gasteiger partial charge >= 0.3 is 0 Å². The molecule has 6 heteroatoms. The number of hydrogen-bond donors (Lipinski definition) is 0. The molecule has 0 bridgehead atoms. The summed E-state index contributed by atoms with van der Waals surface area (Å²) in [7, 11) is 1.66. The van der Waals surface area contributed by atoms with Crippen molar-refractivity contribution in [3.05, 3.63) is 72.1 Å². The third kappa shape index (κ3) is 2.94. The minimum Gasteiger partial charge on any atom is -0.496 e. The third-order valence-electron chi connectivity index (χ3n) is 4.74. The summed E-state index contributed by atoms with van der Waals surface area (Å²) in [6.45, 7) is 0.708. The van der Waals surface area contributed by atoms with Gasteiger partial charge in [-0.2, -0.15) is 0 Å². The fraction of sp³-hybridized carbons (Fsp3) is 0.250. The van der Waals surface area contributed by atoms with E-state index in [2.05, 4.69) is 10.3 Å². The smallest absolute Gasteiger partial charge is 0.276 e. The van der Waals surface area contributed by atoms with Crippen molar-refractivity contribution in [1.82, 2.24) is 19.9 Å². The molecule has 6 nitrogen and oxygen atoms in total. The van der Waals surface area contributed by atoms with Gasteiger partial charge in [-0.05, 0) is 31.0 Å². The first-order valence-corrected chi connectivity index (χ1v) is 8.69. The van der Waals surface area contributed by atoms with Gasteiger partial charge in [-0.25, -0.2) is 4.68 Å². The Bertz CT molecular complexity index is 907. The summed E-state index contributed by atoms with van der Waals surface area (Å²) in [5, 5.41) is 8.20. The molecule has 1 aliphatic rings. The van der Waals surface area contributed by atoms with E-state index in [-0.39, 0.29) is 11.9 Å². The molecule has 2 heterocycles. The Labute approximate surface area is 152 Å². The van der Waals surface area contributed by atoms with Crippen LogP contribution in [0.15, 0.2) is 60.8 Å². The van der Waals surface area contributed by atoms with E-state index in [1.807, 2.05) is 59.5 Å². The van der Waals surface area contributed by atoms with E-state index in [4.69, 9.17) is 4.74 Å². The zero-order chi connectivity index (χ0) is 17.9. The first-order valence-electron chi connectivity index (χ1n) is 8.69. The van der Waals surface area contributed by atoms with Gasteiger partial charge in [-0.3, -0.25) is 4.79 Å². The molecule has 132 valence electrons. The molecule has 4 rings (SSSR count). The maximum absolute atomic E-state index is 13.0. The summed E-state index contributed by atoms with van der Waals surface area (Å²) < 4.78 is 7.11. The van der Waals surface area contributed by atoms with Crippen molar-refractivity contribution in [3.8, 4) is 11.4 Å². The van der Waals surface area contributed by atoms with E-state index in [1.165, 1.54) is 0 Å². The highest BCUT2D eigenvalue weighted by Crippen LogP contribution is 2.37. The Morgan fingerprint density at radius 3 is 2.69 bits per heavy atom. The molecule has 0 unspecified atom stereocenters. The maximum atomic E-state index is 13.0. The van der Waals surface area contributed by atoms with Gasteiger partial charge in [0.15, 0.2) is 5.69 Å². The predicted octanol–water partition coefficient (Wildman–Crippen LogP) is 3.25. The lowest BCUT2D eigenvalue weighted by Gasteiger charge is -2.25. The molecule has 2 aromatic carbocycles. The molecule has 26 heavy (non-hydrogen) atoms. The van der Waals surface area contributed by atoms with E-state index in [9.17, 15) is 4.79 Å². The van der Waals surface area contributed by atoms with E-state index < -0.39 is 0 Å². The maximum Gasteiger partial charge on any atom is 0.276 e. The highest BCUT2D eigenvalue weighted by atomic mass is 16.5. The molecule has 0 spiro atoms. The highest BCUT2D eigenvalue weighted by Gasteiger charge is 2.33. The number of hydrogen-bond acceptors (Lipinski definition) is 4. The normalized spacial score (nSPS) is 16.7. The van der Waals surface area contributed by atoms with Gasteiger partial charge < -0.3 is 9.64 Å². The van der Waals surface area contributed by atoms with Gasteiger partial charge in [0.05, 0.1) is 25.0 Å². The fourth-order valence-corrected chi connectivity index (χ4v) is 3.49. The Morgan fingerprint density at radius 2 is 1.88 bits per heavy atom. The quantitative estimate of drug-likeness (QED) is 0.726. The third-order valence-corrected chi connectivity index (χ3v) is 4.74. The van der Waals surface area contributed by atoms with Gasteiger partial charge in [-0.1, -0.05) is 41.6 Å². The molecule has 3 aromatic rings. The zero-order valence-corrected chi connectivity index (χ0v) is 14.6. The summed E-state index contributed by atoms with van der Waals surface area (Å²) >= 11 is 0. The van der Waals surface area contributed by atoms with Crippen LogP contribution in [0.1, 0.15) is 34.9 Å². The number of para-hydroxylation sites is 2. The number of rotatable bonds is 4. The van der Waals surface area contributed by atoms with Gasteiger partial charge in [0, 0.05) is 12.1 Å². The zero-order valence-electron chi connectivity index (χ0n) is 14.6. The molecule has 1 atom stereocenters. The first kappa shape index (κ1) is 16.3. The average Bonchev–Trinajstić information content (AvgIpc) is 3.38. The molecule has 1 aromatic heterocycles. The van der Waals surface area contributed by atoms with Crippen LogP contribution >= 0.6 is 0 Å². The van der Waals surface area contributed by atoms with Gasteiger partial charge in [0.1, 0.15) is 5.75 Å². The number of likely N-dealkylation sites (tertiary alicyclic amines) is 1. The van der Waals surface area contributed by atoms with E-state index in [0.29, 0.717) is 12.2 Å². The molecule has 0 aliphatic carbocycles. The average molecular weight is 348 g/mol. The summed E-state index contributed by atoms with van der Waals surface area (Å²) in [6.07, 6.45) is 3.56. The molecule has 0 saturated carbocycles. The van der Waals surface area contributed by atoms with Crippen molar-refractivity contribution in [1.29, 1.82) is 0 Å². The first-order chi connectivity index (χ1) is 12.8. The minimum absolute atomic E-state index is 0.000486. The summed E-state index contributed by atoms with van der Waals surface area (Å²) in [4.78, 5) is 14.9. The number of nitrogens with zero attached hydrogens (tertiary/aromatic N) is 4. The van der Waals surface area contributed by atoms with Crippen LogP contribution in [0.5, 0.6) is 5.75 Å². The van der Waals surface area contributed by atoms with Crippen molar-refractivity contribution < 1.29 is 9.53 Å². The molecule has 1 amide bonds. The summed E-state index contributed by atoms with van der Waals surface area (Å²) in [5.41, 5.74) is 2.27. The molecule has 0 N–H and O–H groups in total. The summed E-state index contributed by atoms with van der Waals surface area (Å²) in [6, 6.07) is 17.5. The second-order valence-electron chi connectivity index (χ2n) is 6.28. The van der Waals surface area contributed by atoms with Crippen LogP contribution in [0.2, 0.25) is 0 Å². The standard InChI is InChI=1S/C20H20N4O2/c1-26-19-12-6-5-10-16(19)18-11-7-13-23(18)20(25)17-14-24(22-21-17)15-8-3-2-4-9-15/h2-6,8-10,12,14,18H,7,11,13H2,1H3/t18-/m0/s1. The SMILES string of the molecule is COc1ccccc1[C@@H]1CCCN1C(=O)c1cn(-c2ccccc2)nn1. The van der Waals surface area contributed by atoms with Crippen LogP contribution in [-0.4, -0.2) is 39.5 Å². The number of carbonyl (C=O) groups is 1. The van der Waals surface area contributed by atoms with Crippen LogP contribution in [0.4, 0.5) is 0 Å². The second-order valence-corrected chi connectivity index (χ2v) is 6.28. The van der Waals surface area contributed by atoms with E-state index in [1.54, 1.807) is 18.0 Å². The number of carbonyl (C=O) groups excluding carboxylic acids is 1. The highest BCUT2D eigenvalue weighted by molar-refractivity contribution is 5.92. The Morgan fingerprint density at radius 1 is 1.12 bits per heavy atom. The largest absolute Gasteiger partial charge is 0.496 e. The van der Waals surface area contributed by atoms with Crippen molar-refractivity contribution in [2.24, 2.45) is 0 Å². The number of ether oxygens (including phenoxy) is 1. The lowest BCUT2D eigenvalue weighted by Crippen LogP contribution is -2.31. The number of amides is 1. The summed E-state index contributed by atoms with van der Waals surface area (Å²) in [5.74, 6) is 0.714. The molecule has 1 fully saturated rings. The monoisotopic (exact) mass is 348 g/mol. The van der Waals surface area contributed by atoms with Crippen molar-refractivity contribution in [2.45, 2.75) is 18.9 Å². The van der Waals surface area contributed by atoms with Gasteiger partial charge in [-0.15, -0.1) is 5.10 Å². The molecular formula is C20H20N4O2. The molecule has 0 radical (unpaired) electrons. The number of methoxy groups -OCH3 is 1. The Kier molecular flexibility index (Phi) is 4.39. The van der Waals surface area contributed by atoms with Crippen molar-refractivity contribution in [3.63, 3.8) is 0 Å². The van der Waals surface area contributed by atoms with Crippen molar-refractivity contribution >= 4 is 5.91 Å². The fourth-order valence-electron chi connectivity index (χ4n) is 3.49. The Balaban J connectivity index is 1.61. The van der Waals surface area contributed by atoms with Crippen LogP contribution in [0, 0.1) is 0 Å². The Hall–Kier alpha value is -3.15. The lowest BCUT2D eigenvalue weighted by atomic mass is 10.0. The lowest BCUT2D eigenvalue weighted by molar-refractivity contribution is 0.0728. The number of benzene rings is 2. The van der Waals surface area contributed by atoms with Crippen LogP contribution in [0.3, 0.4) is 0 Å². The molecule has 1 aliphatic heterocycles. The van der Waals surface area contributed by atoms with Crippen LogP contribution in [0.25, 0.3) is 5.69 Å². The second kappa shape index (κ2) is 7.00. The van der Waals surface area contributed by atoms with E-state index >= 15 is 0 Å². The van der Waals surface area contributed by atoms with Crippen LogP contribution in [-0.2, 0) is 0 Å². The molecular weight excluding hydrogens is 328 g/mol. The predicted molar refractivity (Wildman–Crippen MR) is 97.4 cm³/mol. The van der Waals surface area contributed by atoms with Crippen molar-refractivity contribution in [2.75, 3.05) is 13.7 Å². The van der Waals surface area contributed by atoms with Gasteiger partial charge in [0.2, 0.25) is 0 Å². The van der Waals surface area contributed by atoms with Gasteiger partial charge in [0.25, 0.3) is 5.91 Å². The van der Waals surface area contributed by atoms with E-state index in [0.717, 1.165) is 29.8 Å². The van der Waals surface area contributed by atoms with Crippen LogP contribution < -0.4 is 4.74 Å². The minimum atomic E-state index is -0.0967. The topological polar surface area (TPSA) is 60.2 Å². The molecule has 1 saturated heterocycles. The number of aromatic nitrogens is 3.